The number of methoxy groups -OCH3 is 1. The highest BCUT2D eigenvalue weighted by Gasteiger charge is 2.26. The number of benzene rings is 2. The van der Waals surface area contributed by atoms with Gasteiger partial charge in [-0.1, -0.05) is 54.6 Å². The monoisotopic (exact) mass is 366 g/mol. The third-order valence-corrected chi connectivity index (χ3v) is 5.14. The summed E-state index contributed by atoms with van der Waals surface area (Å²) in [6.07, 6.45) is 5.23. The summed E-state index contributed by atoms with van der Waals surface area (Å²) in [6.45, 7) is 5.13. The summed E-state index contributed by atoms with van der Waals surface area (Å²) >= 11 is 0. The van der Waals surface area contributed by atoms with Gasteiger partial charge in [-0.25, -0.2) is 0 Å². The first-order chi connectivity index (χ1) is 13.3. The standard InChI is InChI=1S/C23H30N2O2/c1-27-23-11-5-9-21(17-23)18-25-15-14-24(19-22(25)12-16-26)13-6-10-20-7-3-2-4-8-20/h2-11,17,22,26H,12-16,18-19H2,1H3/b10-6+. The Hall–Kier alpha value is -2.14. The zero-order valence-electron chi connectivity index (χ0n) is 16.1. The maximum Gasteiger partial charge on any atom is 0.119 e. The van der Waals surface area contributed by atoms with E-state index in [2.05, 4.69) is 58.4 Å². The van der Waals surface area contributed by atoms with Gasteiger partial charge in [-0.05, 0) is 29.7 Å². The van der Waals surface area contributed by atoms with Crippen LogP contribution in [-0.4, -0.2) is 60.8 Å². The number of rotatable bonds is 8. The molecule has 2 aromatic rings. The van der Waals surface area contributed by atoms with Crippen LogP contribution in [-0.2, 0) is 6.54 Å². The highest BCUT2D eigenvalue weighted by molar-refractivity contribution is 5.48. The minimum atomic E-state index is 0.229. The van der Waals surface area contributed by atoms with Gasteiger partial charge in [0.25, 0.3) is 0 Å². The summed E-state index contributed by atoms with van der Waals surface area (Å²) in [5.41, 5.74) is 2.50. The number of aliphatic hydroxyl groups excluding tert-OH is 1. The number of hydrogen-bond acceptors (Lipinski definition) is 4. The van der Waals surface area contributed by atoms with Gasteiger partial charge < -0.3 is 9.84 Å². The zero-order valence-corrected chi connectivity index (χ0v) is 16.1. The first-order valence-electron chi connectivity index (χ1n) is 9.70. The molecule has 4 nitrogen and oxygen atoms in total. The Morgan fingerprint density at radius 3 is 2.74 bits per heavy atom. The number of nitrogens with zero attached hydrogens (tertiary/aromatic N) is 2. The first kappa shape index (κ1) is 19.6. The predicted molar refractivity (Wildman–Crippen MR) is 111 cm³/mol. The topological polar surface area (TPSA) is 35.9 Å². The Morgan fingerprint density at radius 1 is 1.11 bits per heavy atom. The number of aliphatic hydroxyl groups is 1. The average molecular weight is 367 g/mol. The zero-order chi connectivity index (χ0) is 18.9. The van der Waals surface area contributed by atoms with Gasteiger partial charge in [-0.15, -0.1) is 0 Å². The van der Waals surface area contributed by atoms with Crippen LogP contribution in [0.5, 0.6) is 5.75 Å². The van der Waals surface area contributed by atoms with Crippen LogP contribution in [0, 0.1) is 0 Å². The van der Waals surface area contributed by atoms with Crippen LogP contribution in [0.25, 0.3) is 6.08 Å². The van der Waals surface area contributed by atoms with Crippen LogP contribution in [0.1, 0.15) is 17.5 Å². The van der Waals surface area contributed by atoms with Gasteiger partial charge in [0.15, 0.2) is 0 Å². The molecule has 1 heterocycles. The molecule has 0 bridgehead atoms. The van der Waals surface area contributed by atoms with Crippen molar-refractivity contribution in [1.82, 2.24) is 9.80 Å². The van der Waals surface area contributed by atoms with Gasteiger partial charge in [0.05, 0.1) is 7.11 Å². The van der Waals surface area contributed by atoms with Crippen molar-refractivity contribution in [2.24, 2.45) is 0 Å². The van der Waals surface area contributed by atoms with Crippen LogP contribution in [0.2, 0.25) is 0 Å². The van der Waals surface area contributed by atoms with Gasteiger partial charge in [0.1, 0.15) is 5.75 Å². The van der Waals surface area contributed by atoms with Crippen molar-refractivity contribution in [3.8, 4) is 5.75 Å². The molecule has 0 amide bonds. The van der Waals surface area contributed by atoms with Crippen LogP contribution >= 0.6 is 0 Å². The summed E-state index contributed by atoms with van der Waals surface area (Å²) < 4.78 is 5.34. The lowest BCUT2D eigenvalue weighted by Crippen LogP contribution is -2.52. The maximum atomic E-state index is 9.52. The number of piperazine rings is 1. The molecule has 1 aliphatic heterocycles. The maximum absolute atomic E-state index is 9.52. The van der Waals surface area contributed by atoms with Crippen molar-refractivity contribution >= 4 is 6.08 Å². The van der Waals surface area contributed by atoms with Gasteiger partial charge in [-0.3, -0.25) is 9.80 Å². The van der Waals surface area contributed by atoms with E-state index >= 15 is 0 Å². The molecule has 1 saturated heterocycles. The Labute approximate surface area is 162 Å². The fourth-order valence-corrected chi connectivity index (χ4v) is 3.66. The van der Waals surface area contributed by atoms with Gasteiger partial charge in [0, 0.05) is 45.4 Å². The highest BCUT2D eigenvalue weighted by atomic mass is 16.5. The summed E-state index contributed by atoms with van der Waals surface area (Å²) in [7, 11) is 1.70. The predicted octanol–water partition coefficient (Wildman–Crippen LogP) is 3.28. The molecule has 1 N–H and O–H groups in total. The molecular formula is C23H30N2O2. The van der Waals surface area contributed by atoms with E-state index in [4.69, 9.17) is 4.74 Å². The molecule has 0 radical (unpaired) electrons. The summed E-state index contributed by atoms with van der Waals surface area (Å²) in [4.78, 5) is 4.96. The van der Waals surface area contributed by atoms with E-state index in [1.165, 1.54) is 11.1 Å². The molecule has 1 fully saturated rings. The second-order valence-corrected chi connectivity index (χ2v) is 7.06. The molecule has 3 rings (SSSR count). The fraction of sp³-hybridized carbons (Fsp3) is 0.391. The molecule has 4 heteroatoms. The molecule has 1 atom stereocenters. The van der Waals surface area contributed by atoms with Crippen molar-refractivity contribution in [3.63, 3.8) is 0 Å². The van der Waals surface area contributed by atoms with E-state index < -0.39 is 0 Å². The molecule has 2 aromatic carbocycles. The second kappa shape index (κ2) is 10.3. The lowest BCUT2D eigenvalue weighted by molar-refractivity contribution is 0.0596. The Kier molecular flexibility index (Phi) is 7.45. The number of ether oxygens (including phenoxy) is 1. The first-order valence-corrected chi connectivity index (χ1v) is 9.70. The lowest BCUT2D eigenvalue weighted by atomic mass is 10.1. The van der Waals surface area contributed by atoms with Crippen molar-refractivity contribution < 1.29 is 9.84 Å². The molecule has 27 heavy (non-hydrogen) atoms. The minimum absolute atomic E-state index is 0.229. The van der Waals surface area contributed by atoms with E-state index in [0.717, 1.165) is 44.9 Å². The highest BCUT2D eigenvalue weighted by Crippen LogP contribution is 2.19. The van der Waals surface area contributed by atoms with Crippen LogP contribution in [0.15, 0.2) is 60.7 Å². The molecule has 0 aliphatic carbocycles. The van der Waals surface area contributed by atoms with E-state index in [1.54, 1.807) is 7.11 Å². The molecular weight excluding hydrogens is 336 g/mol. The molecule has 0 spiro atoms. The Balaban J connectivity index is 1.56. The van der Waals surface area contributed by atoms with E-state index in [0.29, 0.717) is 6.04 Å². The summed E-state index contributed by atoms with van der Waals surface area (Å²) in [5, 5.41) is 9.52. The fourth-order valence-electron chi connectivity index (χ4n) is 3.66. The van der Waals surface area contributed by atoms with Crippen molar-refractivity contribution in [3.05, 3.63) is 71.8 Å². The minimum Gasteiger partial charge on any atom is -0.497 e. The van der Waals surface area contributed by atoms with Crippen molar-refractivity contribution in [2.75, 3.05) is 39.9 Å². The van der Waals surface area contributed by atoms with E-state index in [1.807, 2.05) is 18.2 Å². The molecule has 0 saturated carbocycles. The third-order valence-electron chi connectivity index (χ3n) is 5.14. The molecule has 1 aliphatic rings. The lowest BCUT2D eigenvalue weighted by Gasteiger charge is -2.41. The average Bonchev–Trinajstić information content (AvgIpc) is 2.71. The smallest absolute Gasteiger partial charge is 0.119 e. The quantitative estimate of drug-likeness (QED) is 0.778. The van der Waals surface area contributed by atoms with Gasteiger partial charge >= 0.3 is 0 Å². The van der Waals surface area contributed by atoms with E-state index in [9.17, 15) is 5.11 Å². The summed E-state index contributed by atoms with van der Waals surface area (Å²) in [6, 6.07) is 19.1. The third kappa shape index (κ3) is 5.93. The molecule has 1 unspecified atom stereocenters. The second-order valence-electron chi connectivity index (χ2n) is 7.06. The normalized spacial score (nSPS) is 18.8. The summed E-state index contributed by atoms with van der Waals surface area (Å²) in [5.74, 6) is 0.899. The van der Waals surface area contributed by atoms with Crippen molar-refractivity contribution in [2.45, 2.75) is 19.0 Å². The van der Waals surface area contributed by atoms with E-state index in [-0.39, 0.29) is 6.61 Å². The number of hydrogen-bond donors (Lipinski definition) is 1. The molecule has 144 valence electrons. The van der Waals surface area contributed by atoms with Gasteiger partial charge in [0.2, 0.25) is 0 Å². The van der Waals surface area contributed by atoms with Crippen LogP contribution in [0.4, 0.5) is 0 Å². The van der Waals surface area contributed by atoms with Crippen LogP contribution in [0.3, 0.4) is 0 Å². The van der Waals surface area contributed by atoms with Crippen LogP contribution < -0.4 is 4.74 Å². The van der Waals surface area contributed by atoms with Crippen molar-refractivity contribution in [1.29, 1.82) is 0 Å². The Bertz CT molecular complexity index is 717. The largest absolute Gasteiger partial charge is 0.497 e. The van der Waals surface area contributed by atoms with Gasteiger partial charge in [-0.2, -0.15) is 0 Å². The molecule has 0 aromatic heterocycles. The Morgan fingerprint density at radius 2 is 1.96 bits per heavy atom. The SMILES string of the molecule is COc1cccc(CN2CCN(C/C=C/c3ccccc3)CC2CCO)c1.